The average Bonchev–Trinajstić information content (AvgIpc) is 2.53. The Hall–Kier alpha value is -1.89. The molecule has 26 heavy (non-hydrogen) atoms. The lowest BCUT2D eigenvalue weighted by molar-refractivity contribution is 0.00770. The summed E-state index contributed by atoms with van der Waals surface area (Å²) in [7, 11) is 0. The summed E-state index contributed by atoms with van der Waals surface area (Å²) in [4.78, 5) is 31.4. The van der Waals surface area contributed by atoms with Crippen LogP contribution in [0.4, 0.5) is 4.79 Å². The van der Waals surface area contributed by atoms with Crippen molar-refractivity contribution in [2.24, 2.45) is 0 Å². The molecular formula is C19H24BrN3O3. The van der Waals surface area contributed by atoms with E-state index in [4.69, 9.17) is 4.74 Å². The second kappa shape index (κ2) is 7.02. The molecule has 1 aliphatic rings. The summed E-state index contributed by atoms with van der Waals surface area (Å²) in [6.07, 6.45) is 2.73. The third kappa shape index (κ3) is 3.92. The molecule has 2 heterocycles. The highest BCUT2D eigenvalue weighted by molar-refractivity contribution is 9.10. The quantitative estimate of drug-likeness (QED) is 0.694. The maximum atomic E-state index is 12.9. The minimum Gasteiger partial charge on any atom is -0.444 e. The molecule has 1 fully saturated rings. The molecule has 0 spiro atoms. The number of likely N-dealkylation sites (tertiary alicyclic amines) is 1. The smallest absolute Gasteiger partial charge is 0.410 e. The van der Waals surface area contributed by atoms with Gasteiger partial charge in [-0.1, -0.05) is 15.9 Å². The van der Waals surface area contributed by atoms with Crippen molar-refractivity contribution in [1.29, 1.82) is 0 Å². The Labute approximate surface area is 161 Å². The fourth-order valence-electron chi connectivity index (χ4n) is 3.36. The van der Waals surface area contributed by atoms with Crippen LogP contribution in [0.3, 0.4) is 0 Å². The average molecular weight is 422 g/mol. The molecule has 1 aromatic carbocycles. The molecule has 0 unspecified atom stereocenters. The number of carbonyl (C=O) groups is 1. The first kappa shape index (κ1) is 18.9. The van der Waals surface area contributed by atoms with Crippen molar-refractivity contribution >= 4 is 32.9 Å². The van der Waals surface area contributed by atoms with Gasteiger partial charge in [-0.15, -0.1) is 0 Å². The number of rotatable bonds is 1. The number of nitrogens with zero attached hydrogens (tertiary/aromatic N) is 3. The van der Waals surface area contributed by atoms with Crippen LogP contribution < -0.4 is 5.56 Å². The van der Waals surface area contributed by atoms with Crippen molar-refractivity contribution in [1.82, 2.24) is 14.5 Å². The Morgan fingerprint density at radius 2 is 2.08 bits per heavy atom. The third-order valence-electron chi connectivity index (χ3n) is 4.62. The molecule has 0 saturated carbocycles. The van der Waals surface area contributed by atoms with Crippen LogP contribution >= 0.6 is 15.9 Å². The number of hydrogen-bond acceptors (Lipinski definition) is 4. The molecule has 0 radical (unpaired) electrons. The molecule has 140 valence electrons. The zero-order valence-corrected chi connectivity index (χ0v) is 17.1. The number of halogens is 1. The van der Waals surface area contributed by atoms with Gasteiger partial charge in [-0.05, 0) is 58.7 Å². The van der Waals surface area contributed by atoms with E-state index in [9.17, 15) is 9.59 Å². The molecule has 0 N–H and O–H groups in total. The lowest BCUT2D eigenvalue weighted by Crippen LogP contribution is -2.48. The minimum absolute atomic E-state index is 0.00360. The van der Waals surface area contributed by atoms with Crippen LogP contribution in [0.1, 0.15) is 46.6 Å². The molecule has 1 aliphatic heterocycles. The van der Waals surface area contributed by atoms with Gasteiger partial charge in [-0.25, -0.2) is 9.78 Å². The summed E-state index contributed by atoms with van der Waals surface area (Å²) < 4.78 is 8.09. The molecule has 0 aliphatic carbocycles. The van der Waals surface area contributed by atoms with E-state index in [1.807, 2.05) is 39.8 Å². The molecule has 6 nitrogen and oxygen atoms in total. The van der Waals surface area contributed by atoms with Gasteiger partial charge in [0.2, 0.25) is 0 Å². The lowest BCUT2D eigenvalue weighted by atomic mass is 9.98. The highest BCUT2D eigenvalue weighted by Crippen LogP contribution is 2.28. The Morgan fingerprint density at radius 1 is 1.35 bits per heavy atom. The number of ether oxygens (including phenoxy) is 1. The highest BCUT2D eigenvalue weighted by Gasteiger charge is 2.32. The van der Waals surface area contributed by atoms with Crippen LogP contribution in [0.2, 0.25) is 0 Å². The number of carbonyl (C=O) groups excluding carboxylic acids is 1. The van der Waals surface area contributed by atoms with Crippen molar-refractivity contribution in [3.63, 3.8) is 0 Å². The van der Waals surface area contributed by atoms with Gasteiger partial charge in [0.15, 0.2) is 0 Å². The van der Waals surface area contributed by atoms with Crippen LogP contribution in [0, 0.1) is 0 Å². The predicted molar refractivity (Wildman–Crippen MR) is 104 cm³/mol. The fraction of sp³-hybridized carbons (Fsp3) is 0.526. The van der Waals surface area contributed by atoms with Crippen LogP contribution in [-0.4, -0.2) is 38.7 Å². The Balaban J connectivity index is 1.80. The van der Waals surface area contributed by atoms with Crippen LogP contribution in [0.15, 0.2) is 33.8 Å². The first-order valence-corrected chi connectivity index (χ1v) is 9.61. The molecule has 7 heteroatoms. The first-order valence-electron chi connectivity index (χ1n) is 8.82. The van der Waals surface area contributed by atoms with Crippen molar-refractivity contribution in [2.45, 2.75) is 58.2 Å². The molecule has 3 rings (SSSR count). The zero-order valence-electron chi connectivity index (χ0n) is 15.5. The van der Waals surface area contributed by atoms with Gasteiger partial charge in [0.1, 0.15) is 5.60 Å². The van der Waals surface area contributed by atoms with Crippen LogP contribution in [0.25, 0.3) is 10.9 Å². The van der Waals surface area contributed by atoms with E-state index in [-0.39, 0.29) is 23.7 Å². The number of fused-ring (bicyclic) bond motifs is 1. The number of hydrogen-bond donors (Lipinski definition) is 0. The van der Waals surface area contributed by atoms with Gasteiger partial charge in [0.05, 0.1) is 17.2 Å². The summed E-state index contributed by atoms with van der Waals surface area (Å²) in [5.41, 5.74) is 0.131. The number of benzene rings is 1. The maximum absolute atomic E-state index is 12.9. The summed E-state index contributed by atoms with van der Waals surface area (Å²) in [6.45, 7) is 8.14. The van der Waals surface area contributed by atoms with Gasteiger partial charge in [0.25, 0.3) is 5.56 Å². The zero-order chi connectivity index (χ0) is 19.1. The number of amides is 1. The minimum atomic E-state index is -0.513. The largest absolute Gasteiger partial charge is 0.444 e. The normalized spacial score (nSPS) is 21.0. The molecule has 1 saturated heterocycles. The molecule has 0 bridgehead atoms. The highest BCUT2D eigenvalue weighted by atomic mass is 79.9. The van der Waals surface area contributed by atoms with Gasteiger partial charge >= 0.3 is 6.09 Å². The molecule has 1 aromatic heterocycles. The molecule has 2 atom stereocenters. The van der Waals surface area contributed by atoms with E-state index in [0.717, 1.165) is 4.47 Å². The van der Waals surface area contributed by atoms with Gasteiger partial charge in [0, 0.05) is 23.1 Å². The Bertz CT molecular complexity index is 888. The Kier molecular flexibility index (Phi) is 5.10. The first-order chi connectivity index (χ1) is 12.2. The van der Waals surface area contributed by atoms with Crippen molar-refractivity contribution in [3.8, 4) is 0 Å². The molecule has 2 aromatic rings. The van der Waals surface area contributed by atoms with Crippen molar-refractivity contribution in [3.05, 3.63) is 39.4 Å². The van der Waals surface area contributed by atoms with Gasteiger partial charge in [-0.3, -0.25) is 9.36 Å². The monoisotopic (exact) mass is 421 g/mol. The van der Waals surface area contributed by atoms with E-state index in [2.05, 4.69) is 20.9 Å². The van der Waals surface area contributed by atoms with E-state index >= 15 is 0 Å². The van der Waals surface area contributed by atoms with Crippen LogP contribution in [-0.2, 0) is 4.74 Å². The number of piperidine rings is 1. The van der Waals surface area contributed by atoms with E-state index in [1.54, 1.807) is 21.9 Å². The second-order valence-corrected chi connectivity index (χ2v) is 8.74. The Morgan fingerprint density at radius 3 is 2.73 bits per heavy atom. The lowest BCUT2D eigenvalue weighted by Gasteiger charge is -2.38. The molecular weight excluding hydrogens is 398 g/mol. The van der Waals surface area contributed by atoms with Gasteiger partial charge in [-0.2, -0.15) is 0 Å². The van der Waals surface area contributed by atoms with Crippen molar-refractivity contribution in [2.75, 3.05) is 6.54 Å². The standard InChI is InChI=1S/C19H24BrN3O3/c1-12-9-14(7-8-22(12)18(25)26-19(2,3)4)23-11-21-16-10-13(20)5-6-15(16)17(23)24/h5-6,10-12,14H,7-9H2,1-4H3/t12-,14+/m1/s1. The summed E-state index contributed by atoms with van der Waals surface area (Å²) in [5.74, 6) is 0. The topological polar surface area (TPSA) is 64.4 Å². The summed E-state index contributed by atoms with van der Waals surface area (Å²) in [5, 5.41) is 0.609. The summed E-state index contributed by atoms with van der Waals surface area (Å²) >= 11 is 3.40. The van der Waals surface area contributed by atoms with E-state index in [0.29, 0.717) is 30.3 Å². The maximum Gasteiger partial charge on any atom is 0.410 e. The van der Waals surface area contributed by atoms with Crippen LogP contribution in [0.5, 0.6) is 0 Å². The third-order valence-corrected chi connectivity index (χ3v) is 5.11. The van der Waals surface area contributed by atoms with Crippen molar-refractivity contribution < 1.29 is 9.53 Å². The molecule has 1 amide bonds. The summed E-state index contributed by atoms with van der Waals surface area (Å²) in [6, 6.07) is 5.51. The van der Waals surface area contributed by atoms with E-state index < -0.39 is 5.60 Å². The SMILES string of the molecule is C[C@@H]1C[C@@H](n2cnc3cc(Br)ccc3c2=O)CCN1C(=O)OC(C)(C)C. The van der Waals surface area contributed by atoms with E-state index in [1.165, 1.54) is 0 Å². The second-order valence-electron chi connectivity index (χ2n) is 7.82. The number of aromatic nitrogens is 2. The predicted octanol–water partition coefficient (Wildman–Crippen LogP) is 4.12. The van der Waals surface area contributed by atoms with Gasteiger partial charge < -0.3 is 9.64 Å². The fourth-order valence-corrected chi connectivity index (χ4v) is 3.71.